The lowest BCUT2D eigenvalue weighted by Gasteiger charge is -2.15. The monoisotopic (exact) mass is 353 g/mol. The Hall–Kier alpha value is -1.79. The van der Waals surface area contributed by atoms with E-state index in [9.17, 15) is 30.9 Å². The molecule has 2 aromatic carbocycles. The Kier molecular flexibility index (Phi) is 4.34. The van der Waals surface area contributed by atoms with Gasteiger partial charge in [-0.25, -0.2) is 0 Å². The summed E-state index contributed by atoms with van der Waals surface area (Å²) < 4.78 is 87.5. The highest BCUT2D eigenvalue weighted by Crippen LogP contribution is 2.37. The van der Waals surface area contributed by atoms with Crippen LogP contribution in [0.4, 0.5) is 26.3 Å². The molecule has 0 aliphatic heterocycles. The molecular formula is C14H10F6NOP. The smallest absolute Gasteiger partial charge is 0.297 e. The van der Waals surface area contributed by atoms with Crippen molar-refractivity contribution in [3.63, 3.8) is 0 Å². The number of hydrogen-bond acceptors (Lipinski definition) is 1. The largest absolute Gasteiger partial charge is 0.416 e. The highest BCUT2D eigenvalue weighted by atomic mass is 31.2. The van der Waals surface area contributed by atoms with E-state index in [0.717, 1.165) is 48.5 Å². The average molecular weight is 353 g/mol. The molecule has 0 unspecified atom stereocenters. The van der Waals surface area contributed by atoms with Gasteiger partial charge < -0.3 is 0 Å². The number of hydrogen-bond donors (Lipinski definition) is 1. The van der Waals surface area contributed by atoms with Gasteiger partial charge in [0.1, 0.15) is 0 Å². The summed E-state index contributed by atoms with van der Waals surface area (Å²) in [6.07, 6.45) is -9.10. The van der Waals surface area contributed by atoms with Crippen LogP contribution in [0.1, 0.15) is 11.1 Å². The van der Waals surface area contributed by atoms with Crippen LogP contribution in [0.3, 0.4) is 0 Å². The van der Waals surface area contributed by atoms with E-state index in [1.165, 1.54) is 0 Å². The van der Waals surface area contributed by atoms with Gasteiger partial charge in [0.15, 0.2) is 0 Å². The summed E-state index contributed by atoms with van der Waals surface area (Å²) in [5, 5.41) is -0.157. The predicted molar refractivity (Wildman–Crippen MR) is 73.9 cm³/mol. The van der Waals surface area contributed by atoms with Crippen molar-refractivity contribution in [3.05, 3.63) is 59.7 Å². The Morgan fingerprint density at radius 3 is 1.13 bits per heavy atom. The molecule has 0 bridgehead atoms. The molecule has 9 heteroatoms. The lowest BCUT2D eigenvalue weighted by Crippen LogP contribution is -2.23. The van der Waals surface area contributed by atoms with Crippen molar-refractivity contribution < 1.29 is 30.9 Å². The van der Waals surface area contributed by atoms with Gasteiger partial charge in [0, 0.05) is 10.6 Å². The molecule has 0 amide bonds. The van der Waals surface area contributed by atoms with E-state index < -0.39 is 30.8 Å². The van der Waals surface area contributed by atoms with Gasteiger partial charge in [-0.05, 0) is 48.5 Å². The van der Waals surface area contributed by atoms with Gasteiger partial charge in [-0.2, -0.15) is 26.3 Å². The Morgan fingerprint density at radius 1 is 0.652 bits per heavy atom. The molecule has 0 aliphatic rings. The fourth-order valence-corrected chi connectivity index (χ4v) is 3.37. The molecule has 2 aromatic rings. The minimum absolute atomic E-state index is 0.0785. The van der Waals surface area contributed by atoms with E-state index in [1.54, 1.807) is 0 Å². The van der Waals surface area contributed by atoms with E-state index in [1.807, 2.05) is 0 Å². The van der Waals surface area contributed by atoms with E-state index in [-0.39, 0.29) is 10.6 Å². The molecule has 0 fully saturated rings. The molecule has 0 saturated carbocycles. The number of rotatable bonds is 2. The van der Waals surface area contributed by atoms with Crippen LogP contribution in [0.25, 0.3) is 0 Å². The number of nitrogens with two attached hydrogens (primary N) is 1. The van der Waals surface area contributed by atoms with Gasteiger partial charge in [-0.1, -0.05) is 0 Å². The molecule has 2 rings (SSSR count). The number of halogens is 6. The van der Waals surface area contributed by atoms with Crippen LogP contribution in [0.15, 0.2) is 48.5 Å². The minimum Gasteiger partial charge on any atom is -0.297 e. The Balaban J connectivity index is 2.36. The summed E-state index contributed by atoms with van der Waals surface area (Å²) in [6, 6.07) is 6.72. The van der Waals surface area contributed by atoms with Gasteiger partial charge in [-0.15, -0.1) is 0 Å². The fourth-order valence-electron chi connectivity index (χ4n) is 1.89. The average Bonchev–Trinajstić information content (AvgIpc) is 2.46. The highest BCUT2D eigenvalue weighted by Gasteiger charge is 2.33. The minimum atomic E-state index is -4.55. The summed E-state index contributed by atoms with van der Waals surface area (Å²) in [5.41, 5.74) is 3.80. The maximum Gasteiger partial charge on any atom is 0.416 e. The maximum atomic E-state index is 12.6. The van der Waals surface area contributed by atoms with Crippen molar-refractivity contribution in [1.82, 2.24) is 0 Å². The molecule has 2 N–H and O–H groups in total. The van der Waals surface area contributed by atoms with Crippen molar-refractivity contribution >= 4 is 17.9 Å². The Labute approximate surface area is 127 Å². The highest BCUT2D eigenvalue weighted by molar-refractivity contribution is 7.76. The number of alkyl halides is 6. The molecule has 0 aliphatic carbocycles. The van der Waals surface area contributed by atoms with Gasteiger partial charge >= 0.3 is 12.4 Å². The van der Waals surface area contributed by atoms with Crippen molar-refractivity contribution in [1.29, 1.82) is 0 Å². The quantitative estimate of drug-likeness (QED) is 0.657. The molecule has 23 heavy (non-hydrogen) atoms. The van der Waals surface area contributed by atoms with Crippen molar-refractivity contribution in [2.24, 2.45) is 5.50 Å². The van der Waals surface area contributed by atoms with E-state index in [0.29, 0.717) is 0 Å². The Bertz CT molecular complexity index is 672. The fraction of sp³-hybridized carbons (Fsp3) is 0.143. The first-order valence-electron chi connectivity index (χ1n) is 6.16. The summed E-state index contributed by atoms with van der Waals surface area (Å²) in [7, 11) is -3.78. The molecular weight excluding hydrogens is 343 g/mol. The second-order valence-corrected chi connectivity index (χ2v) is 7.10. The second-order valence-electron chi connectivity index (χ2n) is 4.75. The van der Waals surface area contributed by atoms with Crippen molar-refractivity contribution in [3.8, 4) is 0 Å². The standard InChI is InChI=1S/C14H10F6NOP/c15-13(16,17)9-1-5-11(6-2-9)23(21,22)12-7-3-10(4-8-12)14(18,19)20/h1-8H,(H2,21,22). The first-order valence-corrected chi connectivity index (χ1v) is 7.94. The summed E-state index contributed by atoms with van der Waals surface area (Å²) in [4.78, 5) is 0. The molecule has 0 radical (unpaired) electrons. The summed E-state index contributed by atoms with van der Waals surface area (Å²) in [6.45, 7) is 0. The van der Waals surface area contributed by atoms with E-state index in [4.69, 9.17) is 5.50 Å². The molecule has 0 aromatic heterocycles. The summed E-state index contributed by atoms with van der Waals surface area (Å²) >= 11 is 0. The lowest BCUT2D eigenvalue weighted by molar-refractivity contribution is -0.138. The zero-order chi connectivity index (χ0) is 17.5. The van der Waals surface area contributed by atoms with Crippen LogP contribution in [-0.4, -0.2) is 0 Å². The first-order chi connectivity index (χ1) is 10.4. The third-order valence-electron chi connectivity index (χ3n) is 3.16. The van der Waals surface area contributed by atoms with Crippen LogP contribution in [-0.2, 0) is 16.9 Å². The van der Waals surface area contributed by atoms with E-state index in [2.05, 4.69) is 0 Å². The second kappa shape index (κ2) is 5.69. The normalized spacial score (nSPS) is 13.2. The third kappa shape index (κ3) is 3.76. The van der Waals surface area contributed by atoms with Crippen LogP contribution >= 0.6 is 7.29 Å². The maximum absolute atomic E-state index is 12.6. The number of benzene rings is 2. The lowest BCUT2D eigenvalue weighted by atomic mass is 10.2. The Morgan fingerprint density at radius 2 is 0.913 bits per heavy atom. The zero-order valence-corrected chi connectivity index (χ0v) is 12.2. The van der Waals surface area contributed by atoms with Crippen LogP contribution in [0.2, 0.25) is 0 Å². The molecule has 0 atom stereocenters. The van der Waals surface area contributed by atoms with Gasteiger partial charge in [0.25, 0.3) is 0 Å². The van der Waals surface area contributed by atoms with Crippen molar-refractivity contribution in [2.45, 2.75) is 12.4 Å². The zero-order valence-electron chi connectivity index (χ0n) is 11.3. The molecule has 124 valence electrons. The topological polar surface area (TPSA) is 43.1 Å². The van der Waals surface area contributed by atoms with E-state index >= 15 is 0 Å². The SMILES string of the molecule is NP(=O)(c1ccc(C(F)(F)F)cc1)c1ccc(C(F)(F)F)cc1. The molecule has 0 spiro atoms. The first kappa shape index (κ1) is 17.6. The van der Waals surface area contributed by atoms with Crippen molar-refractivity contribution in [2.75, 3.05) is 0 Å². The van der Waals surface area contributed by atoms with Gasteiger partial charge in [-0.3, -0.25) is 10.1 Å². The van der Waals surface area contributed by atoms with Crippen LogP contribution < -0.4 is 16.1 Å². The van der Waals surface area contributed by atoms with Gasteiger partial charge in [0.05, 0.1) is 11.1 Å². The van der Waals surface area contributed by atoms with Gasteiger partial charge in [0.2, 0.25) is 7.29 Å². The third-order valence-corrected chi connectivity index (χ3v) is 5.29. The molecule has 0 heterocycles. The van der Waals surface area contributed by atoms with Crippen LogP contribution in [0, 0.1) is 0 Å². The van der Waals surface area contributed by atoms with Crippen LogP contribution in [0.5, 0.6) is 0 Å². The predicted octanol–water partition coefficient (Wildman–Crippen LogP) is 3.91. The molecule has 2 nitrogen and oxygen atoms in total. The molecule has 0 saturated heterocycles. The summed E-state index contributed by atoms with van der Waals surface area (Å²) in [5.74, 6) is 0.